The van der Waals surface area contributed by atoms with Crippen LogP contribution in [0.25, 0.3) is 0 Å². The van der Waals surface area contributed by atoms with E-state index in [1.165, 1.54) is 18.2 Å². The summed E-state index contributed by atoms with van der Waals surface area (Å²) in [7, 11) is 0. The van der Waals surface area contributed by atoms with Crippen molar-refractivity contribution in [3.63, 3.8) is 0 Å². The van der Waals surface area contributed by atoms with Gasteiger partial charge >= 0.3 is 5.97 Å². The number of hydrogen-bond acceptors (Lipinski definition) is 5. The minimum absolute atomic E-state index is 0.111. The second-order valence-corrected chi connectivity index (χ2v) is 5.54. The molecular formula is C11H8BrN3O3S. The normalized spacial score (nSPS) is 10.4. The Morgan fingerprint density at radius 1 is 1.37 bits per heavy atom. The van der Waals surface area contributed by atoms with Gasteiger partial charge in [0.05, 0.1) is 5.56 Å². The van der Waals surface area contributed by atoms with Gasteiger partial charge in [0.1, 0.15) is 5.82 Å². The number of carboxylic acid groups (broad SMARTS) is 1. The van der Waals surface area contributed by atoms with Crippen molar-refractivity contribution in [2.45, 2.75) is 10.1 Å². The molecular weight excluding hydrogens is 334 g/mol. The molecule has 0 amide bonds. The van der Waals surface area contributed by atoms with Gasteiger partial charge in [-0.1, -0.05) is 27.7 Å². The molecule has 1 aromatic carbocycles. The van der Waals surface area contributed by atoms with Crippen LogP contribution in [-0.4, -0.2) is 21.0 Å². The molecule has 0 spiro atoms. The van der Waals surface area contributed by atoms with Gasteiger partial charge in [-0.15, -0.1) is 0 Å². The van der Waals surface area contributed by atoms with Gasteiger partial charge in [-0.25, -0.2) is 9.78 Å². The fourth-order valence-corrected chi connectivity index (χ4v) is 2.90. The number of nitrogens with zero attached hydrogens (tertiary/aromatic N) is 1. The Balaban J connectivity index is 2.37. The molecule has 0 bridgehead atoms. The van der Waals surface area contributed by atoms with E-state index in [2.05, 4.69) is 25.9 Å². The van der Waals surface area contributed by atoms with Crippen molar-refractivity contribution in [2.75, 3.05) is 5.73 Å². The van der Waals surface area contributed by atoms with Crippen molar-refractivity contribution < 1.29 is 9.90 Å². The van der Waals surface area contributed by atoms with Crippen LogP contribution in [0.4, 0.5) is 5.82 Å². The third-order valence-corrected chi connectivity index (χ3v) is 3.39. The first-order chi connectivity index (χ1) is 8.94. The summed E-state index contributed by atoms with van der Waals surface area (Å²) in [6, 6.07) is 5.87. The molecule has 2 aromatic rings. The number of carbonyl (C=O) groups is 1. The summed E-state index contributed by atoms with van der Waals surface area (Å²) in [4.78, 5) is 29.3. The molecule has 1 aromatic heterocycles. The third-order valence-electron chi connectivity index (χ3n) is 2.07. The van der Waals surface area contributed by atoms with Crippen LogP contribution in [0.2, 0.25) is 0 Å². The lowest BCUT2D eigenvalue weighted by molar-refractivity contribution is 0.0696. The fraction of sp³-hybridized carbons (Fsp3) is 0. The topological polar surface area (TPSA) is 109 Å². The summed E-state index contributed by atoms with van der Waals surface area (Å²) < 4.78 is 0.626. The molecule has 1 heterocycles. The van der Waals surface area contributed by atoms with E-state index in [1.54, 1.807) is 6.07 Å². The minimum atomic E-state index is -1.03. The number of aromatic carboxylic acids is 1. The van der Waals surface area contributed by atoms with Crippen molar-refractivity contribution in [3.8, 4) is 0 Å². The van der Waals surface area contributed by atoms with Gasteiger partial charge in [-0.2, -0.15) is 0 Å². The van der Waals surface area contributed by atoms with E-state index in [0.717, 1.165) is 11.8 Å². The number of halogens is 1. The summed E-state index contributed by atoms with van der Waals surface area (Å²) in [5, 5.41) is 9.27. The molecule has 98 valence electrons. The summed E-state index contributed by atoms with van der Waals surface area (Å²) in [6.45, 7) is 0. The predicted octanol–water partition coefficient (Wildman–Crippen LogP) is 1.96. The summed E-state index contributed by atoms with van der Waals surface area (Å²) in [5.74, 6) is -0.920. The van der Waals surface area contributed by atoms with Gasteiger partial charge in [0.15, 0.2) is 5.16 Å². The Kier molecular flexibility index (Phi) is 3.91. The number of H-pyrrole nitrogens is 1. The highest BCUT2D eigenvalue weighted by atomic mass is 79.9. The number of aromatic nitrogens is 2. The van der Waals surface area contributed by atoms with Gasteiger partial charge < -0.3 is 15.8 Å². The molecule has 6 nitrogen and oxygen atoms in total. The summed E-state index contributed by atoms with van der Waals surface area (Å²) in [5.41, 5.74) is 5.26. The average molecular weight is 342 g/mol. The molecule has 0 unspecified atom stereocenters. The second-order valence-electron chi connectivity index (χ2n) is 3.56. The second kappa shape index (κ2) is 5.45. The highest BCUT2D eigenvalue weighted by molar-refractivity contribution is 9.10. The molecule has 19 heavy (non-hydrogen) atoms. The van der Waals surface area contributed by atoms with Crippen LogP contribution < -0.4 is 11.3 Å². The molecule has 0 aliphatic heterocycles. The van der Waals surface area contributed by atoms with Gasteiger partial charge in [0, 0.05) is 15.4 Å². The molecule has 0 saturated heterocycles. The number of carboxylic acids is 1. The van der Waals surface area contributed by atoms with E-state index in [4.69, 9.17) is 10.8 Å². The quantitative estimate of drug-likeness (QED) is 0.736. The molecule has 0 aliphatic carbocycles. The number of anilines is 1. The van der Waals surface area contributed by atoms with Gasteiger partial charge in [0.2, 0.25) is 0 Å². The largest absolute Gasteiger partial charge is 0.478 e. The number of nitrogens with one attached hydrogen (secondary N) is 1. The average Bonchev–Trinajstić information content (AvgIpc) is 2.26. The first-order valence-electron chi connectivity index (χ1n) is 5.02. The smallest absolute Gasteiger partial charge is 0.335 e. The Hall–Kier alpha value is -1.80. The van der Waals surface area contributed by atoms with Crippen LogP contribution in [0.1, 0.15) is 10.4 Å². The maximum atomic E-state index is 11.3. The zero-order valence-electron chi connectivity index (χ0n) is 9.38. The predicted molar refractivity (Wildman–Crippen MR) is 74.5 cm³/mol. The van der Waals surface area contributed by atoms with Crippen LogP contribution >= 0.6 is 27.7 Å². The van der Waals surface area contributed by atoms with Crippen LogP contribution in [0, 0.1) is 0 Å². The Bertz CT molecular complexity index is 702. The van der Waals surface area contributed by atoms with Crippen molar-refractivity contribution in [2.24, 2.45) is 0 Å². The minimum Gasteiger partial charge on any atom is -0.478 e. The molecule has 4 N–H and O–H groups in total. The van der Waals surface area contributed by atoms with Crippen LogP contribution in [0.15, 0.2) is 43.6 Å². The van der Waals surface area contributed by atoms with E-state index in [-0.39, 0.29) is 16.9 Å². The third kappa shape index (κ3) is 3.58. The number of aromatic amines is 1. The van der Waals surface area contributed by atoms with Crippen molar-refractivity contribution in [1.29, 1.82) is 0 Å². The standard InChI is InChI=1S/C11H8BrN3O3S/c12-6-1-5(10(17)18)2-7(3-6)19-11-14-8(13)4-9(16)15-11/h1-4H,(H,17,18)(H3,13,14,15,16). The fourth-order valence-electron chi connectivity index (χ4n) is 1.36. The van der Waals surface area contributed by atoms with Crippen molar-refractivity contribution >= 4 is 39.5 Å². The van der Waals surface area contributed by atoms with E-state index in [9.17, 15) is 9.59 Å². The van der Waals surface area contributed by atoms with Gasteiger partial charge in [-0.05, 0) is 18.2 Å². The molecule has 0 aliphatic rings. The maximum absolute atomic E-state index is 11.3. The Morgan fingerprint density at radius 2 is 2.11 bits per heavy atom. The van der Waals surface area contributed by atoms with Crippen molar-refractivity contribution in [1.82, 2.24) is 9.97 Å². The number of benzene rings is 1. The zero-order valence-corrected chi connectivity index (χ0v) is 11.8. The van der Waals surface area contributed by atoms with Gasteiger partial charge in [0.25, 0.3) is 5.56 Å². The number of rotatable bonds is 3. The molecule has 0 atom stereocenters. The van der Waals surface area contributed by atoms with E-state index < -0.39 is 5.97 Å². The van der Waals surface area contributed by atoms with E-state index >= 15 is 0 Å². The molecule has 2 rings (SSSR count). The summed E-state index contributed by atoms with van der Waals surface area (Å²) in [6.07, 6.45) is 0. The van der Waals surface area contributed by atoms with E-state index in [0.29, 0.717) is 14.5 Å². The molecule has 0 radical (unpaired) electrons. The highest BCUT2D eigenvalue weighted by Crippen LogP contribution is 2.28. The Labute approximate surface area is 120 Å². The van der Waals surface area contributed by atoms with Crippen molar-refractivity contribution in [3.05, 3.63) is 44.7 Å². The lowest BCUT2D eigenvalue weighted by Crippen LogP contribution is -2.09. The van der Waals surface area contributed by atoms with Crippen LogP contribution in [0.5, 0.6) is 0 Å². The first kappa shape index (κ1) is 13.6. The summed E-state index contributed by atoms with van der Waals surface area (Å²) >= 11 is 4.35. The van der Waals surface area contributed by atoms with Crippen LogP contribution in [0.3, 0.4) is 0 Å². The molecule has 8 heteroatoms. The Morgan fingerprint density at radius 3 is 2.74 bits per heavy atom. The molecule has 0 saturated carbocycles. The number of hydrogen-bond donors (Lipinski definition) is 3. The SMILES string of the molecule is Nc1cc(=O)[nH]c(Sc2cc(Br)cc(C(=O)O)c2)n1. The lowest BCUT2D eigenvalue weighted by atomic mass is 10.2. The maximum Gasteiger partial charge on any atom is 0.335 e. The van der Waals surface area contributed by atoms with Crippen LogP contribution in [-0.2, 0) is 0 Å². The molecule has 0 fully saturated rings. The van der Waals surface area contributed by atoms with Gasteiger partial charge in [-0.3, -0.25) is 4.79 Å². The number of nitrogens with two attached hydrogens (primary N) is 1. The van der Waals surface area contributed by atoms with E-state index in [1.807, 2.05) is 0 Å². The zero-order chi connectivity index (χ0) is 14.0. The monoisotopic (exact) mass is 341 g/mol. The first-order valence-corrected chi connectivity index (χ1v) is 6.63. The lowest BCUT2D eigenvalue weighted by Gasteiger charge is -2.04. The highest BCUT2D eigenvalue weighted by Gasteiger charge is 2.08. The number of nitrogen functional groups attached to an aromatic ring is 1.